The van der Waals surface area contributed by atoms with Gasteiger partial charge in [0.15, 0.2) is 6.29 Å². The molecule has 0 aromatic rings. The summed E-state index contributed by atoms with van der Waals surface area (Å²) in [4.78, 5) is 10.4. The first-order valence-electron chi connectivity index (χ1n) is 6.16. The highest BCUT2D eigenvalue weighted by atomic mass is 16.7. The maximum atomic E-state index is 10.4. The van der Waals surface area contributed by atoms with Crippen LogP contribution >= 0.6 is 0 Å². The third-order valence-corrected chi connectivity index (χ3v) is 3.27. The summed E-state index contributed by atoms with van der Waals surface area (Å²) >= 11 is 0. The Morgan fingerprint density at radius 3 is 1.88 bits per heavy atom. The highest BCUT2D eigenvalue weighted by Gasteiger charge is 2.18. The van der Waals surface area contributed by atoms with Gasteiger partial charge in [-0.25, -0.2) is 0 Å². The van der Waals surface area contributed by atoms with E-state index in [0.717, 1.165) is 6.29 Å². The van der Waals surface area contributed by atoms with E-state index in [0.29, 0.717) is 11.8 Å². The van der Waals surface area contributed by atoms with Gasteiger partial charge in [-0.05, 0) is 25.7 Å². The molecule has 1 aliphatic rings. The Hall–Kier alpha value is -0.410. The van der Waals surface area contributed by atoms with Crippen molar-refractivity contribution in [2.45, 2.75) is 52.2 Å². The maximum Gasteiger partial charge on any atom is 0.154 e. The molecule has 1 atom stereocenters. The fraction of sp³-hybridized carbons (Fsp3) is 0.923. The van der Waals surface area contributed by atoms with Gasteiger partial charge in [0.1, 0.15) is 6.29 Å². The lowest BCUT2D eigenvalue weighted by atomic mass is 9.82. The van der Waals surface area contributed by atoms with Crippen LogP contribution in [0.1, 0.15) is 46.0 Å². The van der Waals surface area contributed by atoms with Crippen molar-refractivity contribution >= 4 is 6.29 Å². The van der Waals surface area contributed by atoms with Crippen LogP contribution in [0.5, 0.6) is 0 Å². The minimum absolute atomic E-state index is 0.0648. The third kappa shape index (κ3) is 6.96. The fourth-order valence-electron chi connectivity index (χ4n) is 1.87. The van der Waals surface area contributed by atoms with Crippen molar-refractivity contribution in [3.05, 3.63) is 0 Å². The van der Waals surface area contributed by atoms with Gasteiger partial charge in [0, 0.05) is 20.1 Å². The summed E-state index contributed by atoms with van der Waals surface area (Å²) in [5.41, 5.74) is 0. The third-order valence-electron chi connectivity index (χ3n) is 3.27. The topological polar surface area (TPSA) is 35.5 Å². The van der Waals surface area contributed by atoms with E-state index in [9.17, 15) is 4.79 Å². The molecule has 1 unspecified atom stereocenters. The molecule has 3 heteroatoms. The number of carbonyl (C=O) groups is 1. The molecule has 0 saturated heterocycles. The van der Waals surface area contributed by atoms with E-state index in [2.05, 4.69) is 9.47 Å². The van der Waals surface area contributed by atoms with Gasteiger partial charge in [0.2, 0.25) is 0 Å². The quantitative estimate of drug-likeness (QED) is 0.550. The number of aldehydes is 1. The average Bonchev–Trinajstić information content (AvgIpc) is 2.38. The Morgan fingerprint density at radius 1 is 1.06 bits per heavy atom. The molecule has 96 valence electrons. The van der Waals surface area contributed by atoms with Crippen LogP contribution in [0.3, 0.4) is 0 Å². The average molecular weight is 230 g/mol. The van der Waals surface area contributed by atoms with Crippen LogP contribution in [0.2, 0.25) is 0 Å². The highest BCUT2D eigenvalue weighted by molar-refractivity contribution is 5.53. The zero-order valence-electron chi connectivity index (χ0n) is 11.1. The van der Waals surface area contributed by atoms with Gasteiger partial charge in [-0.1, -0.05) is 26.2 Å². The molecular weight excluding hydrogens is 204 g/mol. The predicted molar refractivity (Wildman–Crippen MR) is 65.3 cm³/mol. The van der Waals surface area contributed by atoms with Gasteiger partial charge in [-0.15, -0.1) is 0 Å². The largest absolute Gasteiger partial charge is 0.356 e. The van der Waals surface area contributed by atoms with E-state index in [1.807, 2.05) is 13.8 Å². The molecule has 1 rings (SSSR count). The number of carbonyl (C=O) groups excluding carboxylic acids is 1. The van der Waals surface area contributed by atoms with Gasteiger partial charge >= 0.3 is 0 Å². The molecule has 0 N–H and O–H groups in total. The summed E-state index contributed by atoms with van der Waals surface area (Å²) in [5, 5.41) is 0. The summed E-state index contributed by atoms with van der Waals surface area (Å²) in [6.07, 6.45) is 7.65. The molecule has 0 heterocycles. The zero-order chi connectivity index (χ0) is 12.4. The minimum Gasteiger partial charge on any atom is -0.356 e. The molecule has 3 nitrogen and oxygen atoms in total. The number of hydrogen-bond acceptors (Lipinski definition) is 3. The molecule has 0 aliphatic heterocycles. The Kier molecular flexibility index (Phi) is 9.54. The summed E-state index contributed by atoms with van der Waals surface area (Å²) in [6, 6.07) is 0. The summed E-state index contributed by atoms with van der Waals surface area (Å²) in [5.74, 6) is 1.01. The van der Waals surface area contributed by atoms with Gasteiger partial charge < -0.3 is 14.3 Å². The molecule has 0 spiro atoms. The van der Waals surface area contributed by atoms with E-state index in [-0.39, 0.29) is 6.29 Å². The van der Waals surface area contributed by atoms with E-state index < -0.39 is 0 Å². The van der Waals surface area contributed by atoms with Crippen molar-refractivity contribution in [2.75, 3.05) is 14.2 Å². The monoisotopic (exact) mass is 230 g/mol. The standard InChI is InChI=1S/C9H16O.C4H10O2/c1-8(7-10)9-5-3-2-4-6-9;1-4(5-2)6-3/h7-9H,2-6H2,1H3;4H,1-3H3. The van der Waals surface area contributed by atoms with Gasteiger partial charge in [0.05, 0.1) is 0 Å². The van der Waals surface area contributed by atoms with Crippen LogP contribution in [-0.2, 0) is 14.3 Å². The lowest BCUT2D eigenvalue weighted by molar-refractivity contribution is -0.112. The van der Waals surface area contributed by atoms with Crippen molar-refractivity contribution in [2.24, 2.45) is 11.8 Å². The molecule has 1 aliphatic carbocycles. The Morgan fingerprint density at radius 2 is 1.56 bits per heavy atom. The first-order valence-corrected chi connectivity index (χ1v) is 6.16. The Bertz CT molecular complexity index is 161. The maximum absolute atomic E-state index is 10.4. The number of hydrogen-bond donors (Lipinski definition) is 0. The fourth-order valence-corrected chi connectivity index (χ4v) is 1.87. The van der Waals surface area contributed by atoms with Crippen molar-refractivity contribution in [1.82, 2.24) is 0 Å². The second-order valence-corrected chi connectivity index (χ2v) is 4.43. The lowest BCUT2D eigenvalue weighted by Gasteiger charge is -2.23. The van der Waals surface area contributed by atoms with Crippen molar-refractivity contribution < 1.29 is 14.3 Å². The second kappa shape index (κ2) is 9.79. The van der Waals surface area contributed by atoms with Crippen LogP contribution in [0.15, 0.2) is 0 Å². The normalized spacial score (nSPS) is 18.8. The van der Waals surface area contributed by atoms with Gasteiger partial charge in [-0.2, -0.15) is 0 Å². The van der Waals surface area contributed by atoms with Crippen LogP contribution in [0.25, 0.3) is 0 Å². The molecule has 1 fully saturated rings. The SMILES string of the molecule is CC(C=O)C1CCCCC1.COC(C)OC. The number of ether oxygens (including phenoxy) is 2. The van der Waals surface area contributed by atoms with Crippen LogP contribution < -0.4 is 0 Å². The van der Waals surface area contributed by atoms with E-state index in [1.54, 1.807) is 14.2 Å². The van der Waals surface area contributed by atoms with Crippen molar-refractivity contribution in [3.8, 4) is 0 Å². The summed E-state index contributed by atoms with van der Waals surface area (Å²) in [7, 11) is 3.21. The molecule has 0 aromatic heterocycles. The van der Waals surface area contributed by atoms with Crippen LogP contribution in [-0.4, -0.2) is 26.8 Å². The predicted octanol–water partition coefficient (Wildman–Crippen LogP) is 3.03. The molecule has 0 amide bonds. The molecule has 0 radical (unpaired) electrons. The first-order chi connectivity index (χ1) is 7.65. The highest BCUT2D eigenvalue weighted by Crippen LogP contribution is 2.28. The Balaban J connectivity index is 0.000000325. The molecule has 0 aromatic carbocycles. The zero-order valence-corrected chi connectivity index (χ0v) is 11.1. The smallest absolute Gasteiger partial charge is 0.154 e. The first kappa shape index (κ1) is 15.6. The van der Waals surface area contributed by atoms with Crippen molar-refractivity contribution in [1.29, 1.82) is 0 Å². The molecule has 0 bridgehead atoms. The lowest BCUT2D eigenvalue weighted by Crippen LogP contribution is -2.15. The summed E-state index contributed by atoms with van der Waals surface area (Å²) < 4.78 is 9.35. The van der Waals surface area contributed by atoms with Crippen LogP contribution in [0, 0.1) is 11.8 Å². The second-order valence-electron chi connectivity index (χ2n) is 4.43. The molecular formula is C13H26O3. The molecule has 16 heavy (non-hydrogen) atoms. The number of rotatable bonds is 4. The van der Waals surface area contributed by atoms with E-state index >= 15 is 0 Å². The van der Waals surface area contributed by atoms with Gasteiger partial charge in [-0.3, -0.25) is 0 Å². The number of methoxy groups -OCH3 is 2. The van der Waals surface area contributed by atoms with Gasteiger partial charge in [0.25, 0.3) is 0 Å². The van der Waals surface area contributed by atoms with E-state index in [1.165, 1.54) is 32.1 Å². The van der Waals surface area contributed by atoms with Crippen LogP contribution in [0.4, 0.5) is 0 Å². The molecule has 1 saturated carbocycles. The Labute approximate surface area is 99.5 Å². The van der Waals surface area contributed by atoms with Crippen molar-refractivity contribution in [3.63, 3.8) is 0 Å². The van der Waals surface area contributed by atoms with E-state index in [4.69, 9.17) is 0 Å². The summed E-state index contributed by atoms with van der Waals surface area (Å²) in [6.45, 7) is 3.88. The minimum atomic E-state index is -0.0648.